The summed E-state index contributed by atoms with van der Waals surface area (Å²) in [6.07, 6.45) is 1.73. The van der Waals surface area contributed by atoms with Gasteiger partial charge in [0.05, 0.1) is 17.8 Å². The molecule has 0 heterocycles. The molecule has 0 aromatic carbocycles. The Morgan fingerprint density at radius 2 is 2.13 bits per heavy atom. The molecule has 1 aliphatic rings. The van der Waals surface area contributed by atoms with Gasteiger partial charge in [-0.3, -0.25) is 0 Å². The van der Waals surface area contributed by atoms with Crippen LogP contribution in [0.5, 0.6) is 0 Å². The Morgan fingerprint density at radius 3 is 2.47 bits per heavy atom. The van der Waals surface area contributed by atoms with Gasteiger partial charge in [0, 0.05) is 12.3 Å². The van der Waals surface area contributed by atoms with E-state index in [0.29, 0.717) is 19.3 Å². The first-order valence-electron chi connectivity index (χ1n) is 5.60. The molecule has 3 heteroatoms. The maximum Gasteiger partial charge on any atom is 0.0948 e. The van der Waals surface area contributed by atoms with Gasteiger partial charge in [-0.05, 0) is 24.7 Å². The molecule has 1 aliphatic carbocycles. The lowest BCUT2D eigenvalue weighted by atomic mass is 9.67. The van der Waals surface area contributed by atoms with Crippen molar-refractivity contribution in [3.05, 3.63) is 0 Å². The molecule has 0 aliphatic heterocycles. The molecule has 0 saturated heterocycles. The van der Waals surface area contributed by atoms with Crippen LogP contribution >= 0.6 is 0 Å². The zero-order valence-electron chi connectivity index (χ0n) is 9.82. The lowest BCUT2D eigenvalue weighted by Crippen LogP contribution is -2.49. The molecule has 3 nitrogen and oxygen atoms in total. The Labute approximate surface area is 91.7 Å². The average Bonchev–Trinajstić information content (AvgIpc) is 2.42. The van der Waals surface area contributed by atoms with E-state index in [-0.39, 0.29) is 11.3 Å². The van der Waals surface area contributed by atoms with Gasteiger partial charge in [-0.25, -0.2) is 0 Å². The number of nitrogens with zero attached hydrogens (tertiary/aromatic N) is 1. The lowest BCUT2D eigenvalue weighted by Gasteiger charge is -2.42. The van der Waals surface area contributed by atoms with Crippen molar-refractivity contribution in [1.29, 1.82) is 5.26 Å². The van der Waals surface area contributed by atoms with Crippen molar-refractivity contribution in [2.24, 2.45) is 11.3 Å². The molecule has 0 aromatic heterocycles. The monoisotopic (exact) mass is 211 g/mol. The molecule has 15 heavy (non-hydrogen) atoms. The zero-order valence-corrected chi connectivity index (χ0v) is 9.82. The van der Waals surface area contributed by atoms with E-state index in [1.807, 2.05) is 20.8 Å². The molecule has 2 N–H and O–H groups in total. The quantitative estimate of drug-likeness (QED) is 0.732. The van der Waals surface area contributed by atoms with E-state index in [0.717, 1.165) is 6.42 Å². The maximum atomic E-state index is 10.5. The third-order valence-corrected chi connectivity index (χ3v) is 3.58. The highest BCUT2D eigenvalue weighted by molar-refractivity contribution is 5.03. The van der Waals surface area contributed by atoms with Crippen LogP contribution in [0.1, 0.15) is 46.5 Å². The number of rotatable bonds is 2. The fourth-order valence-corrected chi connectivity index (χ4v) is 2.73. The summed E-state index contributed by atoms with van der Waals surface area (Å²) in [5.41, 5.74) is -1.22. The number of aliphatic hydroxyl groups is 2. The van der Waals surface area contributed by atoms with Gasteiger partial charge in [-0.1, -0.05) is 20.8 Å². The molecular formula is C12H21NO2. The van der Waals surface area contributed by atoms with Crippen molar-refractivity contribution < 1.29 is 10.2 Å². The van der Waals surface area contributed by atoms with Crippen LogP contribution in [0.2, 0.25) is 0 Å². The predicted octanol–water partition coefficient (Wildman–Crippen LogP) is 1.84. The molecule has 0 amide bonds. The first-order valence-corrected chi connectivity index (χ1v) is 5.60. The number of nitriles is 1. The number of hydrogen-bond acceptors (Lipinski definition) is 3. The van der Waals surface area contributed by atoms with Gasteiger partial charge in [0.2, 0.25) is 0 Å². The van der Waals surface area contributed by atoms with Crippen molar-refractivity contribution in [1.82, 2.24) is 0 Å². The van der Waals surface area contributed by atoms with E-state index < -0.39 is 11.7 Å². The molecule has 1 rings (SSSR count). The lowest BCUT2D eigenvalue weighted by molar-refractivity contribution is -0.121. The highest BCUT2D eigenvalue weighted by atomic mass is 16.3. The zero-order chi connectivity index (χ0) is 11.7. The van der Waals surface area contributed by atoms with Gasteiger partial charge in [0.25, 0.3) is 0 Å². The summed E-state index contributed by atoms with van der Waals surface area (Å²) in [6.45, 7) is 6.04. The third-order valence-electron chi connectivity index (χ3n) is 3.58. The van der Waals surface area contributed by atoms with Crippen LogP contribution in [-0.4, -0.2) is 21.9 Å². The topological polar surface area (TPSA) is 64.2 Å². The molecule has 3 atom stereocenters. The summed E-state index contributed by atoms with van der Waals surface area (Å²) in [7, 11) is 0. The second-order valence-electron chi connectivity index (χ2n) is 5.68. The Kier molecular flexibility index (Phi) is 3.42. The van der Waals surface area contributed by atoms with Gasteiger partial charge in [-0.2, -0.15) is 5.26 Å². The molecule has 0 spiro atoms. The summed E-state index contributed by atoms with van der Waals surface area (Å²) in [5, 5.41) is 29.2. The minimum Gasteiger partial charge on any atom is -0.390 e. The number of aliphatic hydroxyl groups excluding tert-OH is 1. The van der Waals surface area contributed by atoms with Gasteiger partial charge in [0.1, 0.15) is 0 Å². The van der Waals surface area contributed by atoms with Gasteiger partial charge < -0.3 is 10.2 Å². The normalized spacial score (nSPS) is 33.7. The molecule has 0 radical (unpaired) electrons. The standard InChI is InChI=1S/C12H21NO2/c1-11(2,3)9(6-8-13)12(15)7-4-5-10(12)14/h9-10,14-15H,4-7H2,1-3H3. The SMILES string of the molecule is CC(C)(C)C(CC#N)C1(O)CCCC1O. The first kappa shape index (κ1) is 12.5. The summed E-state index contributed by atoms with van der Waals surface area (Å²) >= 11 is 0. The van der Waals surface area contributed by atoms with Crippen molar-refractivity contribution in [3.63, 3.8) is 0 Å². The number of hydrogen-bond donors (Lipinski definition) is 2. The van der Waals surface area contributed by atoms with Crippen molar-refractivity contribution >= 4 is 0 Å². The molecule has 1 fully saturated rings. The van der Waals surface area contributed by atoms with Crippen LogP contribution < -0.4 is 0 Å². The summed E-state index contributed by atoms with van der Waals surface area (Å²) < 4.78 is 0. The van der Waals surface area contributed by atoms with Crippen molar-refractivity contribution in [3.8, 4) is 6.07 Å². The molecular weight excluding hydrogens is 190 g/mol. The van der Waals surface area contributed by atoms with Crippen LogP contribution in [-0.2, 0) is 0 Å². The average molecular weight is 211 g/mol. The van der Waals surface area contributed by atoms with Crippen molar-refractivity contribution in [2.45, 2.75) is 58.2 Å². The highest BCUT2D eigenvalue weighted by Crippen LogP contribution is 2.45. The Morgan fingerprint density at radius 1 is 1.53 bits per heavy atom. The van der Waals surface area contributed by atoms with Crippen LogP contribution in [0.25, 0.3) is 0 Å². The molecule has 0 aromatic rings. The van der Waals surface area contributed by atoms with E-state index in [2.05, 4.69) is 6.07 Å². The molecule has 0 bridgehead atoms. The van der Waals surface area contributed by atoms with Crippen LogP contribution in [0.3, 0.4) is 0 Å². The summed E-state index contributed by atoms with van der Waals surface area (Å²) in [6, 6.07) is 2.13. The van der Waals surface area contributed by atoms with E-state index in [1.54, 1.807) is 0 Å². The van der Waals surface area contributed by atoms with Crippen molar-refractivity contribution in [2.75, 3.05) is 0 Å². The second-order valence-corrected chi connectivity index (χ2v) is 5.68. The Bertz CT molecular complexity index is 264. The molecule has 3 unspecified atom stereocenters. The van der Waals surface area contributed by atoms with E-state index >= 15 is 0 Å². The minimum atomic E-state index is -1.06. The minimum absolute atomic E-state index is 0.157. The van der Waals surface area contributed by atoms with E-state index in [4.69, 9.17) is 5.26 Å². The first-order chi connectivity index (χ1) is 6.82. The second kappa shape index (κ2) is 4.11. The van der Waals surface area contributed by atoms with Gasteiger partial charge in [-0.15, -0.1) is 0 Å². The van der Waals surface area contributed by atoms with E-state index in [1.165, 1.54) is 0 Å². The molecule has 1 saturated carbocycles. The summed E-state index contributed by atoms with van der Waals surface area (Å²) in [5.74, 6) is -0.160. The Hall–Kier alpha value is -0.590. The van der Waals surface area contributed by atoms with Gasteiger partial charge >= 0.3 is 0 Å². The maximum absolute atomic E-state index is 10.5. The molecule has 86 valence electrons. The fourth-order valence-electron chi connectivity index (χ4n) is 2.73. The van der Waals surface area contributed by atoms with Crippen LogP contribution in [0, 0.1) is 22.7 Å². The van der Waals surface area contributed by atoms with E-state index in [9.17, 15) is 10.2 Å². The predicted molar refractivity (Wildman–Crippen MR) is 58.0 cm³/mol. The smallest absolute Gasteiger partial charge is 0.0948 e. The van der Waals surface area contributed by atoms with Crippen LogP contribution in [0.4, 0.5) is 0 Å². The largest absolute Gasteiger partial charge is 0.390 e. The van der Waals surface area contributed by atoms with Crippen LogP contribution in [0.15, 0.2) is 0 Å². The fraction of sp³-hybridized carbons (Fsp3) is 0.917. The van der Waals surface area contributed by atoms with Gasteiger partial charge in [0.15, 0.2) is 0 Å². The third kappa shape index (κ3) is 2.32. The Balaban J connectivity index is 2.94. The summed E-state index contributed by atoms with van der Waals surface area (Å²) in [4.78, 5) is 0. The highest BCUT2D eigenvalue weighted by Gasteiger charge is 2.50.